The molecule has 0 aliphatic heterocycles. The van der Waals surface area contributed by atoms with Gasteiger partial charge in [0.15, 0.2) is 0 Å². The highest BCUT2D eigenvalue weighted by Crippen LogP contribution is 2.26. The van der Waals surface area contributed by atoms with Crippen molar-refractivity contribution in [3.05, 3.63) is 0 Å². The van der Waals surface area contributed by atoms with E-state index in [1.807, 2.05) is 61.6 Å². The average molecular weight is 1510 g/mol. The molecule has 28 nitrogen and oxygen atoms in total. The fourth-order valence-corrected chi connectivity index (χ4v) is 22.6. The molecule has 38 heteroatoms. The van der Waals surface area contributed by atoms with Gasteiger partial charge in [0, 0.05) is 108 Å². The number of hydrogen-bond donors (Lipinski definition) is 0. The molecule has 0 heterocycles. The summed E-state index contributed by atoms with van der Waals surface area (Å²) in [5, 5.41) is 0. The predicted octanol–water partition coefficient (Wildman–Crippen LogP) is 11.4. The van der Waals surface area contributed by atoms with E-state index in [2.05, 4.69) is 48.8 Å². The van der Waals surface area contributed by atoms with E-state index in [0.29, 0.717) is 123 Å². The molecule has 0 saturated heterocycles. The van der Waals surface area contributed by atoms with Crippen molar-refractivity contribution in [1.29, 1.82) is 0 Å². The molecule has 0 aromatic heterocycles. The highest BCUT2D eigenvalue weighted by atomic mass is 35.8. The number of hydrogen-bond acceptors (Lipinski definition) is 28. The maximum atomic E-state index is 9.93. The second-order valence-corrected chi connectivity index (χ2v) is 48.3. The van der Waals surface area contributed by atoms with E-state index in [1.165, 1.54) is 36.5 Å². The van der Waals surface area contributed by atoms with Crippen molar-refractivity contribution in [3.63, 3.8) is 0 Å². The second kappa shape index (κ2) is 73.7. The molecule has 0 rings (SSSR count). The van der Waals surface area contributed by atoms with Crippen LogP contribution in [0.3, 0.4) is 0 Å². The van der Waals surface area contributed by atoms with Crippen molar-refractivity contribution in [1.82, 2.24) is 0 Å². The van der Waals surface area contributed by atoms with Gasteiger partial charge in [0.05, 0.1) is 45.8 Å². The van der Waals surface area contributed by atoms with Crippen molar-refractivity contribution in [2.45, 2.75) is 175 Å². The normalized spacial score (nSPS) is 11.0. The molecule has 0 aliphatic carbocycles. The standard InChI is InChI=1S/C10H21NO4Si.C10H21NO3Si.C9H19NO3Si.C8H17NO3Si.C7H15NO4Si.C7H15NO3Si.C4H6Cl3NOSi/c1-4-13-16(14-5-2,15-6-3)9-7-8-11-10-12;1-4-13-15(6-3,14-5-2)9-7-8-11-10-12;1-4-12-14(3,13-5-2)8-6-7-10-9-11;1-4-13(11-2,12-3)7-5-6-9-8-10;1-10-13(11-2,12-3)6-4-5-8-7-9;1-10-12(3,11-2)6-4-5-8-7-9;5-10(6,7)3-1-2-8-4-9/h4-9H2,1-3H3;4-9H2,1-3H3;4-8H2,1-3H3;4-7H2,1-3H3;4-6H2,1-3H3;4-6H2,1-3H3;1-3H2. The molecular formula is C55H114Cl3N7O21Si7. The summed E-state index contributed by atoms with van der Waals surface area (Å²) < 4.78 is 76.5. The summed E-state index contributed by atoms with van der Waals surface area (Å²) in [6.45, 7) is 29.7. The highest BCUT2D eigenvalue weighted by Gasteiger charge is 2.40. The molecule has 0 N–H and O–H groups in total. The minimum Gasteiger partial charge on any atom is -0.398 e. The summed E-state index contributed by atoms with van der Waals surface area (Å²) in [6.07, 6.45) is 15.9. The first-order chi connectivity index (χ1) is 44.4. The lowest BCUT2D eigenvalue weighted by atomic mass is 10.5. The SMILES string of the molecule is CCO[Si](C)(CCCN=C=O)OCC.CCO[Si](CC)(CCCN=C=O)OCC.CCO[Si](CCCN=C=O)(OCC)OCC.CC[Si](CCCN=C=O)(OC)OC.CO[Si](C)(CCCN=C=O)OC.CO[Si](CCCN=C=O)(OC)OC.O=C=NCCC[Si](Cl)(Cl)Cl. The van der Waals surface area contributed by atoms with Crippen molar-refractivity contribution >= 4 is 134 Å². The van der Waals surface area contributed by atoms with Crippen LogP contribution in [0.4, 0.5) is 0 Å². The Kier molecular flexibility index (Phi) is 82.4. The maximum Gasteiger partial charge on any atom is 0.500 e. The van der Waals surface area contributed by atoms with Crippen molar-refractivity contribution in [2.24, 2.45) is 34.9 Å². The fraction of sp³-hybridized carbons (Fsp3) is 0.873. The first-order valence-electron chi connectivity index (χ1n) is 31.1. The second-order valence-electron chi connectivity index (χ2n) is 18.8. The van der Waals surface area contributed by atoms with Crippen molar-refractivity contribution < 1.29 is 95.5 Å². The van der Waals surface area contributed by atoms with Crippen molar-refractivity contribution in [2.75, 3.05) is 142 Å². The smallest absolute Gasteiger partial charge is 0.398 e. The molecule has 0 saturated carbocycles. The van der Waals surface area contributed by atoms with Gasteiger partial charge in [-0.25, -0.2) is 68.5 Å². The van der Waals surface area contributed by atoms with Crippen LogP contribution in [-0.2, 0) is 95.5 Å². The van der Waals surface area contributed by atoms with Crippen LogP contribution < -0.4 is 0 Å². The Hall–Kier alpha value is -2.51. The van der Waals surface area contributed by atoms with Gasteiger partial charge in [-0.05, 0) is 149 Å². The molecule has 0 spiro atoms. The number of isocyanates is 7. The van der Waals surface area contributed by atoms with Gasteiger partial charge in [0.25, 0.3) is 0 Å². The highest BCUT2D eigenvalue weighted by molar-refractivity contribution is 7.64. The summed E-state index contributed by atoms with van der Waals surface area (Å²) in [6, 6.07) is 4.78. The lowest BCUT2D eigenvalue weighted by Crippen LogP contribution is -2.46. The zero-order valence-corrected chi connectivity index (χ0v) is 68.3. The van der Waals surface area contributed by atoms with E-state index in [-0.39, 0.29) is 0 Å². The van der Waals surface area contributed by atoms with Gasteiger partial charge >= 0.3 is 57.9 Å². The Labute approximate surface area is 577 Å². The van der Waals surface area contributed by atoms with Crippen LogP contribution in [0.25, 0.3) is 0 Å². The Balaban J connectivity index is -0.000000186. The molecule has 0 atom stereocenters. The van der Waals surface area contributed by atoms with Gasteiger partial charge in [0.2, 0.25) is 42.6 Å². The van der Waals surface area contributed by atoms with E-state index in [0.717, 1.165) is 68.4 Å². The third-order valence-corrected chi connectivity index (χ3v) is 34.7. The molecule has 544 valence electrons. The van der Waals surface area contributed by atoms with Crippen LogP contribution in [0.2, 0.25) is 67.5 Å². The predicted molar refractivity (Wildman–Crippen MR) is 378 cm³/mol. The quantitative estimate of drug-likeness (QED) is 0.0179. The molecule has 0 amide bonds. The van der Waals surface area contributed by atoms with Gasteiger partial charge in [-0.2, -0.15) is 0 Å². The van der Waals surface area contributed by atoms with Crippen molar-refractivity contribution in [3.8, 4) is 0 Å². The molecule has 93 heavy (non-hydrogen) atoms. The van der Waals surface area contributed by atoms with Crippen LogP contribution in [0.1, 0.15) is 107 Å². The van der Waals surface area contributed by atoms with Crippen LogP contribution in [0, 0.1) is 0 Å². The average Bonchev–Trinajstić information content (AvgIpc) is 1.82. The summed E-state index contributed by atoms with van der Waals surface area (Å²) in [4.78, 5) is 92.7. The third kappa shape index (κ3) is 66.5. The lowest BCUT2D eigenvalue weighted by Gasteiger charge is -2.28. The summed E-state index contributed by atoms with van der Waals surface area (Å²) in [5.41, 5.74) is 0. The van der Waals surface area contributed by atoms with E-state index in [4.69, 9.17) is 95.2 Å². The van der Waals surface area contributed by atoms with E-state index in [1.54, 1.807) is 55.8 Å². The van der Waals surface area contributed by atoms with Crippen LogP contribution in [0.5, 0.6) is 0 Å². The van der Waals surface area contributed by atoms with Gasteiger partial charge in [-0.3, -0.25) is 0 Å². The molecule has 0 unspecified atom stereocenters. The minimum absolute atomic E-state index is 0.407. The molecule has 0 fully saturated rings. The Morgan fingerprint density at radius 3 is 0.763 bits per heavy atom. The molecule has 0 radical (unpaired) electrons. The lowest BCUT2D eigenvalue weighted by molar-refractivity contribution is 0.0709. The first kappa shape index (κ1) is 104. The van der Waals surface area contributed by atoms with Gasteiger partial charge < -0.3 is 62.0 Å². The Morgan fingerprint density at radius 1 is 0.280 bits per heavy atom. The number of carbonyl (C=O) groups excluding carboxylic acids is 7. The van der Waals surface area contributed by atoms with Crippen LogP contribution in [-0.4, -0.2) is 242 Å². The summed E-state index contributed by atoms with van der Waals surface area (Å²) in [7, 11) is -1.54. The van der Waals surface area contributed by atoms with Gasteiger partial charge in [-0.15, -0.1) is 33.2 Å². The number of aliphatic imine (C=N–C) groups is 7. The largest absolute Gasteiger partial charge is 0.500 e. The Morgan fingerprint density at radius 2 is 0.527 bits per heavy atom. The topological polar surface area (TPSA) is 335 Å². The van der Waals surface area contributed by atoms with E-state index in [9.17, 15) is 33.6 Å². The minimum atomic E-state index is -2.54. The summed E-state index contributed by atoms with van der Waals surface area (Å²) in [5.74, 6) is 0. The molecule has 0 aliphatic rings. The first-order valence-corrected chi connectivity index (χ1v) is 49.7. The maximum absolute atomic E-state index is 9.93. The zero-order chi connectivity index (χ0) is 72.5. The van der Waals surface area contributed by atoms with Crippen LogP contribution in [0.15, 0.2) is 34.9 Å². The van der Waals surface area contributed by atoms with E-state index < -0.39 is 57.9 Å². The number of nitrogens with zero attached hydrogens (tertiary/aromatic N) is 7. The van der Waals surface area contributed by atoms with Gasteiger partial charge in [0.1, 0.15) is 0 Å². The van der Waals surface area contributed by atoms with Crippen LogP contribution >= 0.6 is 33.2 Å². The van der Waals surface area contributed by atoms with E-state index >= 15 is 0 Å². The molecule has 0 bridgehead atoms. The monoisotopic (exact) mass is 1510 g/mol. The molecular weight excluding hydrogens is 1400 g/mol. The molecule has 0 aromatic carbocycles. The Bertz CT molecular complexity index is 2000. The number of rotatable bonds is 51. The zero-order valence-electron chi connectivity index (χ0n) is 59.1. The molecule has 0 aromatic rings. The third-order valence-electron chi connectivity index (χ3n) is 12.6. The fourth-order valence-electron chi connectivity index (χ4n) is 7.73. The van der Waals surface area contributed by atoms with Gasteiger partial charge in [-0.1, -0.05) is 13.8 Å². The number of halogens is 3. The summed E-state index contributed by atoms with van der Waals surface area (Å²) >= 11 is 16.6.